The zero-order valence-corrected chi connectivity index (χ0v) is 12.1. The van der Waals surface area contributed by atoms with Gasteiger partial charge in [0.1, 0.15) is 0 Å². The monoisotopic (exact) mass is 297 g/mol. The van der Waals surface area contributed by atoms with Crippen LogP contribution in [0.1, 0.15) is 25.8 Å². The first-order valence-electron chi connectivity index (χ1n) is 5.90. The first-order valence-corrected chi connectivity index (χ1v) is 7.02. The molecule has 0 unspecified atom stereocenters. The Labute approximate surface area is 112 Å². The Morgan fingerprint density at radius 2 is 1.94 bits per heavy atom. The maximum Gasteiger partial charge on any atom is 0.224 e. The molecule has 0 aliphatic rings. The Kier molecular flexibility index (Phi) is 5.69. The van der Waals surface area contributed by atoms with Crippen LogP contribution in [-0.4, -0.2) is 17.8 Å². The SMILES string of the molecule is CC(C)(CCBr)CNC(=O)Cc1ccccc1. The molecule has 1 aromatic carbocycles. The minimum atomic E-state index is 0.0962. The summed E-state index contributed by atoms with van der Waals surface area (Å²) in [5.74, 6) is 0.0962. The molecule has 0 aromatic heterocycles. The van der Waals surface area contributed by atoms with Gasteiger partial charge in [-0.15, -0.1) is 0 Å². The van der Waals surface area contributed by atoms with Crippen molar-refractivity contribution < 1.29 is 4.79 Å². The summed E-state index contributed by atoms with van der Waals surface area (Å²) in [6, 6.07) is 9.82. The second-order valence-corrected chi connectivity index (χ2v) is 5.84. The number of carbonyl (C=O) groups is 1. The van der Waals surface area contributed by atoms with Gasteiger partial charge in [0, 0.05) is 11.9 Å². The smallest absolute Gasteiger partial charge is 0.224 e. The van der Waals surface area contributed by atoms with Gasteiger partial charge in [0.2, 0.25) is 5.91 Å². The van der Waals surface area contributed by atoms with Crippen LogP contribution in [0, 0.1) is 5.41 Å². The molecule has 1 amide bonds. The molecule has 1 N–H and O–H groups in total. The molecular formula is C14H20BrNO. The molecule has 0 atom stereocenters. The molecule has 94 valence electrons. The van der Waals surface area contributed by atoms with Crippen LogP contribution in [0.2, 0.25) is 0 Å². The van der Waals surface area contributed by atoms with Gasteiger partial charge in [-0.05, 0) is 17.4 Å². The molecule has 0 fully saturated rings. The van der Waals surface area contributed by atoms with E-state index in [0.29, 0.717) is 6.42 Å². The van der Waals surface area contributed by atoms with Gasteiger partial charge in [-0.2, -0.15) is 0 Å². The van der Waals surface area contributed by atoms with E-state index in [2.05, 4.69) is 35.1 Å². The standard InChI is InChI=1S/C14H20BrNO/c1-14(2,8-9-15)11-16-13(17)10-12-6-4-3-5-7-12/h3-7H,8-11H2,1-2H3,(H,16,17). The summed E-state index contributed by atoms with van der Waals surface area (Å²) in [5, 5.41) is 3.96. The average Bonchev–Trinajstić information content (AvgIpc) is 2.28. The molecule has 3 heteroatoms. The number of hydrogen-bond donors (Lipinski definition) is 1. The van der Waals surface area contributed by atoms with Gasteiger partial charge in [-0.1, -0.05) is 60.1 Å². The number of rotatable bonds is 6. The van der Waals surface area contributed by atoms with Crippen LogP contribution in [0.4, 0.5) is 0 Å². The number of carbonyl (C=O) groups excluding carboxylic acids is 1. The third-order valence-electron chi connectivity index (χ3n) is 2.74. The lowest BCUT2D eigenvalue weighted by Crippen LogP contribution is -2.35. The molecular weight excluding hydrogens is 278 g/mol. The highest BCUT2D eigenvalue weighted by atomic mass is 79.9. The van der Waals surface area contributed by atoms with Crippen LogP contribution >= 0.6 is 15.9 Å². The fraction of sp³-hybridized carbons (Fsp3) is 0.500. The normalized spacial score (nSPS) is 11.2. The summed E-state index contributed by atoms with van der Waals surface area (Å²) in [4.78, 5) is 11.7. The maximum absolute atomic E-state index is 11.7. The molecule has 0 aliphatic carbocycles. The molecule has 0 saturated carbocycles. The zero-order valence-electron chi connectivity index (χ0n) is 10.5. The van der Waals surface area contributed by atoms with Crippen molar-refractivity contribution in [3.63, 3.8) is 0 Å². The number of hydrogen-bond acceptors (Lipinski definition) is 1. The Morgan fingerprint density at radius 3 is 2.53 bits per heavy atom. The van der Waals surface area contributed by atoms with Gasteiger partial charge in [-0.25, -0.2) is 0 Å². The molecule has 0 aliphatic heterocycles. The van der Waals surface area contributed by atoms with Crippen molar-refractivity contribution in [1.82, 2.24) is 5.32 Å². The van der Waals surface area contributed by atoms with E-state index < -0.39 is 0 Å². The molecule has 0 saturated heterocycles. The average molecular weight is 298 g/mol. The Balaban J connectivity index is 2.36. The van der Waals surface area contributed by atoms with Crippen LogP contribution in [0.3, 0.4) is 0 Å². The first-order chi connectivity index (χ1) is 8.03. The molecule has 0 spiro atoms. The highest BCUT2D eigenvalue weighted by Gasteiger charge is 2.17. The molecule has 17 heavy (non-hydrogen) atoms. The second kappa shape index (κ2) is 6.80. The molecule has 0 radical (unpaired) electrons. The summed E-state index contributed by atoms with van der Waals surface area (Å²) < 4.78 is 0. The first kappa shape index (κ1) is 14.2. The Hall–Kier alpha value is -0.830. The van der Waals surface area contributed by atoms with E-state index in [9.17, 15) is 4.79 Å². The number of halogens is 1. The van der Waals surface area contributed by atoms with Gasteiger partial charge >= 0.3 is 0 Å². The third kappa shape index (κ3) is 5.87. The van der Waals surface area contributed by atoms with E-state index in [1.165, 1.54) is 0 Å². The summed E-state index contributed by atoms with van der Waals surface area (Å²) in [6.45, 7) is 5.05. The van der Waals surface area contributed by atoms with Crippen molar-refractivity contribution in [1.29, 1.82) is 0 Å². The topological polar surface area (TPSA) is 29.1 Å². The van der Waals surface area contributed by atoms with Gasteiger partial charge in [0.15, 0.2) is 0 Å². The van der Waals surface area contributed by atoms with Crippen molar-refractivity contribution in [2.45, 2.75) is 26.7 Å². The predicted octanol–water partition coefficient (Wildman–Crippen LogP) is 3.16. The minimum Gasteiger partial charge on any atom is -0.355 e. The lowest BCUT2D eigenvalue weighted by atomic mass is 9.90. The zero-order chi connectivity index (χ0) is 12.7. The lowest BCUT2D eigenvalue weighted by molar-refractivity contribution is -0.120. The van der Waals surface area contributed by atoms with Crippen LogP contribution in [0.25, 0.3) is 0 Å². The van der Waals surface area contributed by atoms with Crippen LogP contribution in [-0.2, 0) is 11.2 Å². The van der Waals surface area contributed by atoms with E-state index in [1.807, 2.05) is 30.3 Å². The fourth-order valence-electron chi connectivity index (χ4n) is 1.53. The summed E-state index contributed by atoms with van der Waals surface area (Å²) in [5.41, 5.74) is 1.21. The van der Waals surface area contributed by atoms with E-state index in [-0.39, 0.29) is 11.3 Å². The summed E-state index contributed by atoms with van der Waals surface area (Å²) in [7, 11) is 0. The molecule has 2 nitrogen and oxygen atoms in total. The molecule has 1 rings (SSSR count). The Morgan fingerprint density at radius 1 is 1.29 bits per heavy atom. The van der Waals surface area contributed by atoms with Gasteiger partial charge in [0.05, 0.1) is 6.42 Å². The number of alkyl halides is 1. The highest BCUT2D eigenvalue weighted by Crippen LogP contribution is 2.19. The van der Waals surface area contributed by atoms with Gasteiger partial charge in [-0.3, -0.25) is 4.79 Å². The van der Waals surface area contributed by atoms with Crippen LogP contribution in [0.5, 0.6) is 0 Å². The molecule has 0 bridgehead atoms. The van der Waals surface area contributed by atoms with Crippen molar-refractivity contribution in [3.05, 3.63) is 35.9 Å². The number of amides is 1. The van der Waals surface area contributed by atoms with E-state index in [4.69, 9.17) is 0 Å². The largest absolute Gasteiger partial charge is 0.355 e. The summed E-state index contributed by atoms with van der Waals surface area (Å²) >= 11 is 3.43. The predicted molar refractivity (Wildman–Crippen MR) is 75.3 cm³/mol. The number of benzene rings is 1. The lowest BCUT2D eigenvalue weighted by Gasteiger charge is -2.23. The van der Waals surface area contributed by atoms with Crippen molar-refractivity contribution >= 4 is 21.8 Å². The van der Waals surface area contributed by atoms with Crippen LogP contribution < -0.4 is 5.32 Å². The van der Waals surface area contributed by atoms with Crippen molar-refractivity contribution in [3.8, 4) is 0 Å². The molecule has 1 aromatic rings. The maximum atomic E-state index is 11.7. The second-order valence-electron chi connectivity index (χ2n) is 5.04. The molecule has 0 heterocycles. The minimum absolute atomic E-state index is 0.0962. The van der Waals surface area contributed by atoms with Crippen molar-refractivity contribution in [2.75, 3.05) is 11.9 Å². The summed E-state index contributed by atoms with van der Waals surface area (Å²) in [6.07, 6.45) is 1.52. The fourth-order valence-corrected chi connectivity index (χ4v) is 2.60. The van der Waals surface area contributed by atoms with E-state index >= 15 is 0 Å². The quantitative estimate of drug-likeness (QED) is 0.803. The van der Waals surface area contributed by atoms with Crippen LogP contribution in [0.15, 0.2) is 30.3 Å². The highest BCUT2D eigenvalue weighted by molar-refractivity contribution is 9.09. The van der Waals surface area contributed by atoms with E-state index in [0.717, 1.165) is 23.9 Å². The van der Waals surface area contributed by atoms with Gasteiger partial charge < -0.3 is 5.32 Å². The van der Waals surface area contributed by atoms with Crippen molar-refractivity contribution in [2.24, 2.45) is 5.41 Å². The Bertz CT molecular complexity index is 348. The number of nitrogens with one attached hydrogen (secondary N) is 1. The third-order valence-corrected chi connectivity index (χ3v) is 3.14. The van der Waals surface area contributed by atoms with Gasteiger partial charge in [0.25, 0.3) is 0 Å². The van der Waals surface area contributed by atoms with E-state index in [1.54, 1.807) is 0 Å².